The lowest BCUT2D eigenvalue weighted by molar-refractivity contribution is 0.288. The Bertz CT molecular complexity index is 476. The van der Waals surface area contributed by atoms with Gasteiger partial charge in [0.1, 0.15) is 12.4 Å². The highest BCUT2D eigenvalue weighted by Gasteiger charge is 2.07. The Labute approximate surface area is 109 Å². The van der Waals surface area contributed by atoms with Crippen molar-refractivity contribution >= 4 is 15.9 Å². The molecule has 0 fully saturated rings. The second-order valence-corrected chi connectivity index (χ2v) is 4.55. The maximum Gasteiger partial charge on any atom is 0.120 e. The van der Waals surface area contributed by atoms with Crippen LogP contribution in [0.4, 0.5) is 0 Å². The highest BCUT2D eigenvalue weighted by molar-refractivity contribution is 9.10. The average Bonchev–Trinajstić information content (AvgIpc) is 2.37. The van der Waals surface area contributed by atoms with Gasteiger partial charge >= 0.3 is 0 Å². The predicted octanol–water partition coefficient (Wildman–Crippen LogP) is 2.92. The zero-order valence-electron chi connectivity index (χ0n) is 9.21. The molecular weight excluding hydrogens is 280 g/mol. The molecule has 0 amide bonds. The van der Waals surface area contributed by atoms with Crippen LogP contribution >= 0.6 is 15.9 Å². The summed E-state index contributed by atoms with van der Waals surface area (Å²) in [6.07, 6.45) is 1.73. The van der Waals surface area contributed by atoms with Crippen LogP contribution in [0.2, 0.25) is 0 Å². The smallest absolute Gasteiger partial charge is 0.120 e. The van der Waals surface area contributed by atoms with Gasteiger partial charge in [0.15, 0.2) is 0 Å². The minimum Gasteiger partial charge on any atom is -0.492 e. The van der Waals surface area contributed by atoms with Gasteiger partial charge < -0.3 is 10.5 Å². The largest absolute Gasteiger partial charge is 0.492 e. The number of ether oxygens (including phenoxy) is 1. The standard InChI is InChI=1S/C13H13BrN2O/c14-10-4-3-5-11(8-10)17-9-12(15)13-6-1-2-7-16-13/h1-8,12H,9,15H2. The molecule has 2 aromatic rings. The molecule has 0 saturated heterocycles. The zero-order chi connectivity index (χ0) is 12.1. The molecule has 0 radical (unpaired) electrons. The third-order valence-electron chi connectivity index (χ3n) is 2.29. The van der Waals surface area contributed by atoms with Gasteiger partial charge in [-0.15, -0.1) is 0 Å². The summed E-state index contributed by atoms with van der Waals surface area (Å²) >= 11 is 3.39. The lowest BCUT2D eigenvalue weighted by Gasteiger charge is -2.12. The van der Waals surface area contributed by atoms with Gasteiger partial charge in [-0.2, -0.15) is 0 Å². The number of nitrogens with two attached hydrogens (primary N) is 1. The Balaban J connectivity index is 1.95. The molecular formula is C13H13BrN2O. The van der Waals surface area contributed by atoms with Crippen molar-refractivity contribution in [3.63, 3.8) is 0 Å². The van der Waals surface area contributed by atoms with E-state index in [0.29, 0.717) is 6.61 Å². The maximum atomic E-state index is 5.98. The van der Waals surface area contributed by atoms with Crippen molar-refractivity contribution in [2.75, 3.05) is 6.61 Å². The number of hydrogen-bond donors (Lipinski definition) is 1. The SMILES string of the molecule is NC(COc1cccc(Br)c1)c1ccccn1. The third-order valence-corrected chi connectivity index (χ3v) is 2.79. The fraction of sp³-hybridized carbons (Fsp3) is 0.154. The van der Waals surface area contributed by atoms with E-state index >= 15 is 0 Å². The lowest BCUT2D eigenvalue weighted by Crippen LogP contribution is -2.20. The quantitative estimate of drug-likeness (QED) is 0.943. The molecule has 0 aliphatic rings. The van der Waals surface area contributed by atoms with Gasteiger partial charge in [0.05, 0.1) is 11.7 Å². The highest BCUT2D eigenvalue weighted by Crippen LogP contribution is 2.18. The van der Waals surface area contributed by atoms with Crippen molar-refractivity contribution < 1.29 is 4.74 Å². The summed E-state index contributed by atoms with van der Waals surface area (Å²) in [5, 5.41) is 0. The van der Waals surface area contributed by atoms with Crippen molar-refractivity contribution in [1.82, 2.24) is 4.98 Å². The van der Waals surface area contributed by atoms with E-state index in [4.69, 9.17) is 10.5 Å². The van der Waals surface area contributed by atoms with Crippen molar-refractivity contribution in [1.29, 1.82) is 0 Å². The van der Waals surface area contributed by atoms with E-state index in [1.54, 1.807) is 6.20 Å². The molecule has 0 aliphatic heterocycles. The van der Waals surface area contributed by atoms with Crippen molar-refractivity contribution in [2.45, 2.75) is 6.04 Å². The fourth-order valence-electron chi connectivity index (χ4n) is 1.42. The number of aromatic nitrogens is 1. The summed E-state index contributed by atoms with van der Waals surface area (Å²) in [6, 6.07) is 13.1. The van der Waals surface area contributed by atoms with Crippen LogP contribution in [0.5, 0.6) is 5.75 Å². The van der Waals surface area contributed by atoms with Crippen LogP contribution in [0, 0.1) is 0 Å². The molecule has 3 nitrogen and oxygen atoms in total. The average molecular weight is 293 g/mol. The molecule has 0 spiro atoms. The molecule has 1 aromatic carbocycles. The van der Waals surface area contributed by atoms with Crippen molar-refractivity contribution in [3.8, 4) is 5.75 Å². The van der Waals surface area contributed by atoms with Gasteiger partial charge in [-0.25, -0.2) is 0 Å². The minimum atomic E-state index is -0.213. The van der Waals surface area contributed by atoms with E-state index < -0.39 is 0 Å². The Morgan fingerprint density at radius 2 is 2.12 bits per heavy atom. The molecule has 2 rings (SSSR count). The van der Waals surface area contributed by atoms with Gasteiger partial charge in [-0.3, -0.25) is 4.98 Å². The van der Waals surface area contributed by atoms with E-state index in [1.807, 2.05) is 42.5 Å². The van der Waals surface area contributed by atoms with Crippen LogP contribution in [-0.4, -0.2) is 11.6 Å². The second-order valence-electron chi connectivity index (χ2n) is 3.63. The van der Waals surface area contributed by atoms with Gasteiger partial charge in [0.25, 0.3) is 0 Å². The number of hydrogen-bond acceptors (Lipinski definition) is 3. The summed E-state index contributed by atoms with van der Waals surface area (Å²) in [4.78, 5) is 4.19. The molecule has 1 unspecified atom stereocenters. The van der Waals surface area contributed by atoms with Crippen LogP contribution in [0.25, 0.3) is 0 Å². The normalized spacial score (nSPS) is 12.1. The van der Waals surface area contributed by atoms with Gasteiger partial charge in [-0.1, -0.05) is 28.1 Å². The number of pyridine rings is 1. The molecule has 4 heteroatoms. The zero-order valence-corrected chi connectivity index (χ0v) is 10.8. The second kappa shape index (κ2) is 5.80. The Morgan fingerprint density at radius 3 is 2.82 bits per heavy atom. The van der Waals surface area contributed by atoms with Gasteiger partial charge in [0, 0.05) is 10.7 Å². The fourth-order valence-corrected chi connectivity index (χ4v) is 1.80. The Hall–Kier alpha value is -1.39. The molecule has 88 valence electrons. The third kappa shape index (κ3) is 3.54. The topological polar surface area (TPSA) is 48.1 Å². The van der Waals surface area contributed by atoms with Crippen molar-refractivity contribution in [2.24, 2.45) is 5.73 Å². The highest BCUT2D eigenvalue weighted by atomic mass is 79.9. The number of halogens is 1. The Morgan fingerprint density at radius 1 is 1.24 bits per heavy atom. The molecule has 17 heavy (non-hydrogen) atoms. The summed E-state index contributed by atoms with van der Waals surface area (Å²) in [7, 11) is 0. The van der Waals surface area contributed by atoms with E-state index in [2.05, 4.69) is 20.9 Å². The van der Waals surface area contributed by atoms with E-state index in [-0.39, 0.29) is 6.04 Å². The van der Waals surface area contributed by atoms with E-state index in [9.17, 15) is 0 Å². The first-order valence-corrected chi connectivity index (χ1v) is 6.10. The number of benzene rings is 1. The maximum absolute atomic E-state index is 5.98. The first-order chi connectivity index (χ1) is 8.25. The molecule has 0 bridgehead atoms. The molecule has 2 N–H and O–H groups in total. The van der Waals surface area contributed by atoms with Crippen molar-refractivity contribution in [3.05, 3.63) is 58.8 Å². The summed E-state index contributed by atoms with van der Waals surface area (Å²) in [5.74, 6) is 0.797. The lowest BCUT2D eigenvalue weighted by atomic mass is 10.2. The van der Waals surface area contributed by atoms with Gasteiger partial charge in [-0.05, 0) is 30.3 Å². The summed E-state index contributed by atoms with van der Waals surface area (Å²) in [6.45, 7) is 0.410. The van der Waals surface area contributed by atoms with E-state index in [0.717, 1.165) is 15.9 Å². The monoisotopic (exact) mass is 292 g/mol. The van der Waals surface area contributed by atoms with Crippen LogP contribution in [0.3, 0.4) is 0 Å². The van der Waals surface area contributed by atoms with Crippen LogP contribution in [0.15, 0.2) is 53.1 Å². The molecule has 0 aliphatic carbocycles. The van der Waals surface area contributed by atoms with Gasteiger partial charge in [0.2, 0.25) is 0 Å². The number of nitrogens with zero attached hydrogens (tertiary/aromatic N) is 1. The molecule has 1 atom stereocenters. The molecule has 1 heterocycles. The summed E-state index contributed by atoms with van der Waals surface area (Å²) in [5.41, 5.74) is 6.82. The first kappa shape index (κ1) is 12.1. The minimum absolute atomic E-state index is 0.213. The molecule has 1 aromatic heterocycles. The Kier molecular flexibility index (Phi) is 4.12. The predicted molar refractivity (Wildman–Crippen MR) is 70.8 cm³/mol. The first-order valence-electron chi connectivity index (χ1n) is 5.30. The molecule has 0 saturated carbocycles. The van der Waals surface area contributed by atoms with Crippen LogP contribution in [-0.2, 0) is 0 Å². The number of rotatable bonds is 4. The summed E-state index contributed by atoms with van der Waals surface area (Å²) < 4.78 is 6.60. The van der Waals surface area contributed by atoms with Crippen LogP contribution in [0.1, 0.15) is 11.7 Å². The van der Waals surface area contributed by atoms with E-state index in [1.165, 1.54) is 0 Å². The van der Waals surface area contributed by atoms with Crippen LogP contribution < -0.4 is 10.5 Å².